The fourth-order valence-corrected chi connectivity index (χ4v) is 4.80. The third-order valence-corrected chi connectivity index (χ3v) is 6.51. The second kappa shape index (κ2) is 8.74. The highest BCUT2D eigenvalue weighted by atomic mass is 32.1. The van der Waals surface area contributed by atoms with Gasteiger partial charge in [0.2, 0.25) is 0 Å². The quantitative estimate of drug-likeness (QED) is 0.519. The van der Waals surface area contributed by atoms with Crippen LogP contribution in [0.2, 0.25) is 0 Å². The lowest BCUT2D eigenvalue weighted by Crippen LogP contribution is -2.38. The van der Waals surface area contributed by atoms with Gasteiger partial charge in [-0.2, -0.15) is 0 Å². The van der Waals surface area contributed by atoms with E-state index in [9.17, 15) is 4.79 Å². The number of aromatic nitrogens is 1. The third kappa shape index (κ3) is 4.04. The summed E-state index contributed by atoms with van der Waals surface area (Å²) in [5.41, 5.74) is 1.76. The number of hydrogen-bond donors (Lipinski definition) is 0. The van der Waals surface area contributed by atoms with Crippen LogP contribution < -0.4 is 4.74 Å². The number of ether oxygens (including phenoxy) is 1. The number of amides is 1. The van der Waals surface area contributed by atoms with Crippen LogP contribution in [-0.4, -0.2) is 35.5 Å². The summed E-state index contributed by atoms with van der Waals surface area (Å²) in [6.45, 7) is 4.32. The molecule has 0 radical (unpaired) electrons. The molecule has 1 amide bonds. The molecule has 1 fully saturated rings. The number of rotatable bonds is 6. The highest BCUT2D eigenvalue weighted by Crippen LogP contribution is 2.34. The lowest BCUT2D eigenvalue weighted by molar-refractivity contribution is 0.0708. The molecule has 0 unspecified atom stereocenters. The van der Waals surface area contributed by atoms with Crippen LogP contribution in [0.1, 0.15) is 53.9 Å². The molecule has 2 heterocycles. The number of para-hydroxylation sites is 2. The first kappa shape index (κ1) is 18.9. The number of piperidine rings is 1. The smallest absolute Gasteiger partial charge is 0.257 e. The number of benzene rings is 2. The van der Waals surface area contributed by atoms with Crippen molar-refractivity contribution in [2.75, 3.05) is 19.7 Å². The molecule has 1 aromatic heterocycles. The number of carbonyl (C=O) groups excluding carboxylic acids is 1. The van der Waals surface area contributed by atoms with Crippen molar-refractivity contribution in [1.29, 1.82) is 0 Å². The number of carbonyl (C=O) groups is 1. The molecule has 28 heavy (non-hydrogen) atoms. The lowest BCUT2D eigenvalue weighted by atomic mass is 9.97. The SMILES string of the molecule is CCCCOc1ccccc1C(=O)N1CCC(c2nc3ccccc3s2)CC1. The Hall–Kier alpha value is -2.40. The molecule has 0 saturated carbocycles. The molecule has 0 bridgehead atoms. The van der Waals surface area contributed by atoms with E-state index in [1.54, 1.807) is 11.3 Å². The van der Waals surface area contributed by atoms with E-state index >= 15 is 0 Å². The van der Waals surface area contributed by atoms with E-state index in [4.69, 9.17) is 9.72 Å². The first-order chi connectivity index (χ1) is 13.8. The van der Waals surface area contributed by atoms with E-state index in [1.807, 2.05) is 35.2 Å². The Kier molecular flexibility index (Phi) is 5.91. The predicted molar refractivity (Wildman–Crippen MR) is 114 cm³/mol. The monoisotopic (exact) mass is 394 g/mol. The zero-order valence-corrected chi connectivity index (χ0v) is 17.1. The fourth-order valence-electron chi connectivity index (χ4n) is 3.66. The number of fused-ring (bicyclic) bond motifs is 1. The summed E-state index contributed by atoms with van der Waals surface area (Å²) in [6, 6.07) is 15.9. The Balaban J connectivity index is 1.41. The second-order valence-electron chi connectivity index (χ2n) is 7.28. The first-order valence-corrected chi connectivity index (χ1v) is 10.9. The minimum atomic E-state index is 0.0786. The Bertz CT molecular complexity index is 911. The summed E-state index contributed by atoms with van der Waals surface area (Å²) >= 11 is 1.79. The molecule has 0 spiro atoms. The van der Waals surface area contributed by atoms with Crippen molar-refractivity contribution in [3.05, 3.63) is 59.1 Å². The van der Waals surface area contributed by atoms with Crippen molar-refractivity contribution in [3.63, 3.8) is 0 Å². The number of likely N-dealkylation sites (tertiary alicyclic amines) is 1. The van der Waals surface area contributed by atoms with Gasteiger partial charge >= 0.3 is 0 Å². The van der Waals surface area contributed by atoms with Crippen LogP contribution in [0, 0.1) is 0 Å². The van der Waals surface area contributed by atoms with Gasteiger partial charge in [-0.05, 0) is 43.5 Å². The molecule has 1 aliphatic rings. The molecule has 2 aromatic carbocycles. The van der Waals surface area contributed by atoms with Gasteiger partial charge < -0.3 is 9.64 Å². The maximum Gasteiger partial charge on any atom is 0.257 e. The van der Waals surface area contributed by atoms with E-state index in [1.165, 1.54) is 9.71 Å². The molecule has 0 aliphatic carbocycles. The van der Waals surface area contributed by atoms with Gasteiger partial charge in [0.25, 0.3) is 5.91 Å². The molecular weight excluding hydrogens is 368 g/mol. The number of nitrogens with zero attached hydrogens (tertiary/aromatic N) is 2. The molecule has 0 N–H and O–H groups in total. The minimum Gasteiger partial charge on any atom is -0.493 e. The molecular formula is C23H26N2O2S. The van der Waals surface area contributed by atoms with Crippen molar-refractivity contribution in [1.82, 2.24) is 9.88 Å². The average Bonchev–Trinajstić information content (AvgIpc) is 3.18. The number of unbranched alkanes of at least 4 members (excludes halogenated alkanes) is 1. The van der Waals surface area contributed by atoms with Crippen LogP contribution in [0.5, 0.6) is 5.75 Å². The van der Waals surface area contributed by atoms with Crippen molar-refractivity contribution in [3.8, 4) is 5.75 Å². The van der Waals surface area contributed by atoms with E-state index in [0.29, 0.717) is 23.8 Å². The van der Waals surface area contributed by atoms with Crippen LogP contribution in [0.25, 0.3) is 10.2 Å². The highest BCUT2D eigenvalue weighted by Gasteiger charge is 2.27. The molecule has 4 rings (SSSR count). The van der Waals surface area contributed by atoms with Crippen molar-refractivity contribution in [2.45, 2.75) is 38.5 Å². The van der Waals surface area contributed by atoms with Crippen LogP contribution in [-0.2, 0) is 0 Å². The van der Waals surface area contributed by atoms with Crippen molar-refractivity contribution >= 4 is 27.5 Å². The molecule has 1 aliphatic heterocycles. The summed E-state index contributed by atoms with van der Waals surface area (Å²) in [7, 11) is 0. The average molecular weight is 395 g/mol. The van der Waals surface area contributed by atoms with Gasteiger partial charge in [0.05, 0.1) is 27.4 Å². The predicted octanol–water partition coefficient (Wildman–Crippen LogP) is 5.50. The minimum absolute atomic E-state index is 0.0786. The summed E-state index contributed by atoms with van der Waals surface area (Å²) in [5, 5.41) is 1.21. The van der Waals surface area contributed by atoms with Gasteiger partial charge in [0, 0.05) is 19.0 Å². The Morgan fingerprint density at radius 2 is 1.89 bits per heavy atom. The van der Waals surface area contributed by atoms with Gasteiger partial charge in [0.15, 0.2) is 0 Å². The summed E-state index contributed by atoms with van der Waals surface area (Å²) in [6.07, 6.45) is 4.00. The largest absolute Gasteiger partial charge is 0.493 e. The van der Waals surface area contributed by atoms with E-state index in [0.717, 1.165) is 44.3 Å². The zero-order valence-electron chi connectivity index (χ0n) is 16.3. The molecule has 1 saturated heterocycles. The van der Waals surface area contributed by atoms with Crippen LogP contribution in [0.15, 0.2) is 48.5 Å². The van der Waals surface area contributed by atoms with Crippen molar-refractivity contribution in [2.24, 2.45) is 0 Å². The van der Waals surface area contributed by atoms with E-state index < -0.39 is 0 Å². The summed E-state index contributed by atoms with van der Waals surface area (Å²) in [5.74, 6) is 1.22. The second-order valence-corrected chi connectivity index (χ2v) is 8.35. The normalized spacial score (nSPS) is 15.1. The molecule has 3 aromatic rings. The standard InChI is InChI=1S/C23H26N2O2S/c1-2-3-16-27-20-10-6-4-8-18(20)23(26)25-14-12-17(13-15-25)22-24-19-9-5-7-11-21(19)28-22/h4-11,17H,2-3,12-16H2,1H3. The summed E-state index contributed by atoms with van der Waals surface area (Å²) in [4.78, 5) is 19.8. The van der Waals surface area contributed by atoms with Gasteiger partial charge in [-0.15, -0.1) is 11.3 Å². The molecule has 0 atom stereocenters. The summed E-state index contributed by atoms with van der Waals surface area (Å²) < 4.78 is 7.10. The zero-order chi connectivity index (χ0) is 19.3. The maximum absolute atomic E-state index is 13.1. The van der Waals surface area contributed by atoms with Crippen molar-refractivity contribution < 1.29 is 9.53 Å². The molecule has 146 valence electrons. The Morgan fingerprint density at radius 3 is 2.68 bits per heavy atom. The maximum atomic E-state index is 13.1. The van der Waals surface area contributed by atoms with Gasteiger partial charge in [-0.3, -0.25) is 4.79 Å². The van der Waals surface area contributed by atoms with Crippen LogP contribution >= 0.6 is 11.3 Å². The van der Waals surface area contributed by atoms with E-state index in [-0.39, 0.29) is 5.91 Å². The lowest BCUT2D eigenvalue weighted by Gasteiger charge is -2.31. The Labute approximate surface area is 170 Å². The topological polar surface area (TPSA) is 42.4 Å². The fraction of sp³-hybridized carbons (Fsp3) is 0.391. The van der Waals surface area contributed by atoms with Gasteiger partial charge in [-0.25, -0.2) is 4.98 Å². The third-order valence-electron chi connectivity index (χ3n) is 5.31. The molecule has 5 heteroatoms. The van der Waals surface area contributed by atoms with Gasteiger partial charge in [-0.1, -0.05) is 37.6 Å². The number of hydrogen-bond acceptors (Lipinski definition) is 4. The first-order valence-electron chi connectivity index (χ1n) is 10.1. The van der Waals surface area contributed by atoms with Gasteiger partial charge in [0.1, 0.15) is 5.75 Å². The Morgan fingerprint density at radius 1 is 1.14 bits per heavy atom. The molecule has 4 nitrogen and oxygen atoms in total. The van der Waals surface area contributed by atoms with Crippen LogP contribution in [0.4, 0.5) is 0 Å². The number of thiazole rings is 1. The van der Waals surface area contributed by atoms with Crippen LogP contribution in [0.3, 0.4) is 0 Å². The highest BCUT2D eigenvalue weighted by molar-refractivity contribution is 7.18. The van der Waals surface area contributed by atoms with E-state index in [2.05, 4.69) is 25.1 Å².